The van der Waals surface area contributed by atoms with Crippen LogP contribution in [0.4, 0.5) is 0 Å². The summed E-state index contributed by atoms with van der Waals surface area (Å²) in [5.74, 6) is 0.970. The smallest absolute Gasteiger partial charge is 0.243 e. The molecule has 1 aliphatic rings. The highest BCUT2D eigenvalue weighted by Crippen LogP contribution is 2.25. The van der Waals surface area contributed by atoms with Crippen molar-refractivity contribution in [2.24, 2.45) is 0 Å². The van der Waals surface area contributed by atoms with E-state index in [0.717, 1.165) is 12.8 Å². The summed E-state index contributed by atoms with van der Waals surface area (Å²) in [6.45, 7) is 0.771. The summed E-state index contributed by atoms with van der Waals surface area (Å²) in [5.41, 5.74) is 0. The molecule has 3 rings (SSSR count). The van der Waals surface area contributed by atoms with Crippen LogP contribution in [0, 0.1) is 0 Å². The third-order valence-electron chi connectivity index (χ3n) is 3.86. The van der Waals surface area contributed by atoms with Crippen molar-refractivity contribution in [2.75, 3.05) is 20.2 Å². The van der Waals surface area contributed by atoms with E-state index in [1.165, 1.54) is 23.8 Å². The first-order valence-corrected chi connectivity index (χ1v) is 9.10. The molecule has 0 spiro atoms. The number of methoxy groups -OCH3 is 1. The molecule has 0 N–H and O–H groups in total. The van der Waals surface area contributed by atoms with Gasteiger partial charge in [0.1, 0.15) is 18.2 Å². The van der Waals surface area contributed by atoms with Gasteiger partial charge in [-0.05, 0) is 25.0 Å². The largest absolute Gasteiger partial charge is 0.497 e. The van der Waals surface area contributed by atoms with Crippen LogP contribution in [0.3, 0.4) is 0 Å². The van der Waals surface area contributed by atoms with Gasteiger partial charge in [-0.1, -0.05) is 6.07 Å². The second kappa shape index (κ2) is 7.14. The molecule has 24 heavy (non-hydrogen) atoms. The standard InChI is InChI=1S/C16H19N3O4S/c1-22-13-4-2-6-15(10-13)24(20,21)19-9-3-5-14(11-19)23-16-7-8-17-12-18-16/h2,4,6-8,10,12,14H,3,5,9,11H2,1H3. The lowest BCUT2D eigenvalue weighted by Gasteiger charge is -2.31. The molecule has 0 saturated carbocycles. The molecule has 1 atom stereocenters. The van der Waals surface area contributed by atoms with Gasteiger partial charge in [0.2, 0.25) is 15.9 Å². The molecular formula is C16H19N3O4S. The quantitative estimate of drug-likeness (QED) is 0.817. The first-order valence-electron chi connectivity index (χ1n) is 7.66. The Morgan fingerprint density at radius 2 is 2.17 bits per heavy atom. The summed E-state index contributed by atoms with van der Waals surface area (Å²) in [6.07, 6.45) is 4.29. The van der Waals surface area contributed by atoms with Crippen molar-refractivity contribution in [3.05, 3.63) is 42.9 Å². The van der Waals surface area contributed by atoms with Crippen LogP contribution in [0.15, 0.2) is 47.8 Å². The van der Waals surface area contributed by atoms with E-state index in [4.69, 9.17) is 9.47 Å². The minimum absolute atomic E-state index is 0.226. The number of ether oxygens (including phenoxy) is 2. The van der Waals surface area contributed by atoms with E-state index in [1.54, 1.807) is 30.5 Å². The van der Waals surface area contributed by atoms with E-state index < -0.39 is 10.0 Å². The Kier molecular flexibility index (Phi) is 4.96. The number of nitrogens with zero attached hydrogens (tertiary/aromatic N) is 3. The summed E-state index contributed by atoms with van der Waals surface area (Å²) >= 11 is 0. The highest BCUT2D eigenvalue weighted by molar-refractivity contribution is 7.89. The maximum Gasteiger partial charge on any atom is 0.243 e. The van der Waals surface area contributed by atoms with Crippen molar-refractivity contribution in [1.29, 1.82) is 0 Å². The van der Waals surface area contributed by atoms with Crippen molar-refractivity contribution < 1.29 is 17.9 Å². The molecule has 1 aromatic heterocycles. The summed E-state index contributed by atoms with van der Waals surface area (Å²) in [4.78, 5) is 8.09. The average molecular weight is 349 g/mol. The number of hydrogen-bond donors (Lipinski definition) is 0. The van der Waals surface area contributed by atoms with Gasteiger partial charge < -0.3 is 9.47 Å². The summed E-state index contributed by atoms with van der Waals surface area (Å²) in [7, 11) is -2.07. The normalized spacial score (nSPS) is 19.0. The van der Waals surface area contributed by atoms with E-state index in [9.17, 15) is 8.42 Å². The molecule has 1 aromatic carbocycles. The number of rotatable bonds is 5. The van der Waals surface area contributed by atoms with E-state index in [1.807, 2.05) is 0 Å². The maximum atomic E-state index is 12.8. The molecule has 8 heteroatoms. The zero-order chi connectivity index (χ0) is 17.0. The summed E-state index contributed by atoms with van der Waals surface area (Å²) in [5, 5.41) is 0. The second-order valence-electron chi connectivity index (χ2n) is 5.47. The van der Waals surface area contributed by atoms with Crippen molar-refractivity contribution in [3.8, 4) is 11.6 Å². The Labute approximate surface area is 141 Å². The number of benzene rings is 1. The molecule has 0 radical (unpaired) electrons. The fraction of sp³-hybridized carbons (Fsp3) is 0.375. The van der Waals surface area contributed by atoms with Gasteiger partial charge in [-0.15, -0.1) is 0 Å². The molecule has 1 aliphatic heterocycles. The Hall–Kier alpha value is -2.19. The Morgan fingerprint density at radius 1 is 1.29 bits per heavy atom. The predicted molar refractivity (Wildman–Crippen MR) is 87.4 cm³/mol. The van der Waals surface area contributed by atoms with E-state index in [-0.39, 0.29) is 11.0 Å². The first kappa shape index (κ1) is 16.7. The Balaban J connectivity index is 1.75. The van der Waals surface area contributed by atoms with Gasteiger partial charge >= 0.3 is 0 Å². The molecule has 0 bridgehead atoms. The van der Waals surface area contributed by atoms with Crippen LogP contribution in [0.2, 0.25) is 0 Å². The number of piperidine rings is 1. The molecule has 1 saturated heterocycles. The van der Waals surface area contributed by atoms with Crippen molar-refractivity contribution >= 4 is 10.0 Å². The highest BCUT2D eigenvalue weighted by Gasteiger charge is 2.31. The van der Waals surface area contributed by atoms with E-state index in [2.05, 4.69) is 9.97 Å². The minimum atomic E-state index is -3.58. The van der Waals surface area contributed by atoms with Gasteiger partial charge in [0.25, 0.3) is 0 Å². The van der Waals surface area contributed by atoms with Crippen molar-refractivity contribution in [2.45, 2.75) is 23.8 Å². The molecule has 1 fully saturated rings. The zero-order valence-electron chi connectivity index (χ0n) is 13.3. The van der Waals surface area contributed by atoms with Crippen LogP contribution in [-0.2, 0) is 10.0 Å². The van der Waals surface area contributed by atoms with E-state index in [0.29, 0.717) is 24.7 Å². The van der Waals surface area contributed by atoms with Crippen molar-refractivity contribution in [3.63, 3.8) is 0 Å². The topological polar surface area (TPSA) is 81.6 Å². The fourth-order valence-electron chi connectivity index (χ4n) is 2.65. The van der Waals surface area contributed by atoms with Crippen LogP contribution < -0.4 is 9.47 Å². The Morgan fingerprint density at radius 3 is 2.92 bits per heavy atom. The SMILES string of the molecule is COc1cccc(S(=O)(=O)N2CCCC(Oc3ccncn3)C2)c1. The lowest BCUT2D eigenvalue weighted by atomic mass is 10.1. The monoisotopic (exact) mass is 349 g/mol. The second-order valence-corrected chi connectivity index (χ2v) is 7.41. The summed E-state index contributed by atoms with van der Waals surface area (Å²) in [6, 6.07) is 8.16. The predicted octanol–water partition coefficient (Wildman–Crippen LogP) is 1.72. The van der Waals surface area contributed by atoms with Gasteiger partial charge in [-0.2, -0.15) is 4.31 Å². The zero-order valence-corrected chi connectivity index (χ0v) is 14.1. The molecule has 7 nitrogen and oxygen atoms in total. The van der Waals surface area contributed by atoms with Gasteiger partial charge in [0.15, 0.2) is 0 Å². The van der Waals surface area contributed by atoms with Crippen LogP contribution in [0.5, 0.6) is 11.6 Å². The van der Waals surface area contributed by atoms with Crippen LogP contribution >= 0.6 is 0 Å². The van der Waals surface area contributed by atoms with Crippen LogP contribution in [0.1, 0.15) is 12.8 Å². The fourth-order valence-corrected chi connectivity index (χ4v) is 4.19. The maximum absolute atomic E-state index is 12.8. The van der Waals surface area contributed by atoms with Crippen LogP contribution in [0.25, 0.3) is 0 Å². The third-order valence-corrected chi connectivity index (χ3v) is 5.72. The van der Waals surface area contributed by atoms with Gasteiger partial charge in [0.05, 0.1) is 18.6 Å². The molecule has 2 heterocycles. The lowest BCUT2D eigenvalue weighted by Crippen LogP contribution is -2.44. The van der Waals surface area contributed by atoms with Gasteiger partial charge in [-0.3, -0.25) is 0 Å². The van der Waals surface area contributed by atoms with Crippen LogP contribution in [-0.4, -0.2) is 49.0 Å². The minimum Gasteiger partial charge on any atom is -0.497 e. The van der Waals surface area contributed by atoms with Gasteiger partial charge in [0, 0.05) is 24.9 Å². The molecule has 1 unspecified atom stereocenters. The molecule has 128 valence electrons. The van der Waals surface area contributed by atoms with Gasteiger partial charge in [-0.25, -0.2) is 18.4 Å². The summed E-state index contributed by atoms with van der Waals surface area (Å²) < 4.78 is 38.0. The highest BCUT2D eigenvalue weighted by atomic mass is 32.2. The Bertz CT molecular complexity index is 783. The lowest BCUT2D eigenvalue weighted by molar-refractivity contribution is 0.124. The number of aromatic nitrogens is 2. The first-order chi connectivity index (χ1) is 11.6. The number of sulfonamides is 1. The molecule has 0 aliphatic carbocycles. The number of hydrogen-bond acceptors (Lipinski definition) is 6. The molecule has 2 aromatic rings. The van der Waals surface area contributed by atoms with Crippen molar-refractivity contribution in [1.82, 2.24) is 14.3 Å². The molecular weight excluding hydrogens is 330 g/mol. The molecule has 0 amide bonds. The third kappa shape index (κ3) is 3.65. The average Bonchev–Trinajstić information content (AvgIpc) is 2.63. The van der Waals surface area contributed by atoms with E-state index >= 15 is 0 Å².